The van der Waals surface area contributed by atoms with Crippen molar-refractivity contribution in [3.8, 4) is 11.3 Å². The zero-order valence-electron chi connectivity index (χ0n) is 16.6. The second kappa shape index (κ2) is 7.69. The van der Waals surface area contributed by atoms with E-state index in [1.54, 1.807) is 30.6 Å². The van der Waals surface area contributed by atoms with Gasteiger partial charge in [-0.25, -0.2) is 4.98 Å². The van der Waals surface area contributed by atoms with Crippen molar-refractivity contribution >= 4 is 17.5 Å². The van der Waals surface area contributed by atoms with Gasteiger partial charge in [-0.05, 0) is 57.5 Å². The highest BCUT2D eigenvalue weighted by molar-refractivity contribution is 5.69. The molecule has 0 aliphatic rings. The van der Waals surface area contributed by atoms with E-state index in [2.05, 4.69) is 25.6 Å². The van der Waals surface area contributed by atoms with Crippen molar-refractivity contribution in [1.29, 1.82) is 0 Å². The Morgan fingerprint density at radius 1 is 0.966 bits per heavy atom. The summed E-state index contributed by atoms with van der Waals surface area (Å²) in [5.74, 6) is 0.749. The van der Waals surface area contributed by atoms with Crippen LogP contribution >= 0.6 is 0 Å². The maximum absolute atomic E-state index is 13.2. The molecular formula is C21H22F3N5. The first-order valence-electron chi connectivity index (χ1n) is 9.04. The molecular weight excluding hydrogens is 379 g/mol. The molecule has 0 radical (unpaired) electrons. The number of pyridine rings is 1. The summed E-state index contributed by atoms with van der Waals surface area (Å²) in [5, 5.41) is 6.21. The normalized spacial score (nSPS) is 12.0. The molecule has 2 heterocycles. The van der Waals surface area contributed by atoms with Crippen molar-refractivity contribution in [2.45, 2.75) is 39.4 Å². The fraction of sp³-hybridized carbons (Fsp3) is 0.286. The topological polar surface area (TPSA) is 62.7 Å². The number of rotatable bonds is 4. The van der Waals surface area contributed by atoms with Crippen molar-refractivity contribution in [1.82, 2.24) is 15.0 Å². The lowest BCUT2D eigenvalue weighted by Gasteiger charge is -2.22. The first kappa shape index (κ1) is 20.6. The highest BCUT2D eigenvalue weighted by atomic mass is 19.4. The minimum absolute atomic E-state index is 0.104. The third kappa shape index (κ3) is 5.22. The summed E-state index contributed by atoms with van der Waals surface area (Å²) in [6.07, 6.45) is -1.10. The third-order valence-corrected chi connectivity index (χ3v) is 4.07. The van der Waals surface area contributed by atoms with E-state index in [9.17, 15) is 13.2 Å². The molecule has 29 heavy (non-hydrogen) atoms. The molecule has 2 N–H and O–H groups in total. The van der Waals surface area contributed by atoms with Gasteiger partial charge in [0.2, 0.25) is 5.95 Å². The van der Waals surface area contributed by atoms with Gasteiger partial charge in [-0.2, -0.15) is 18.2 Å². The Kier molecular flexibility index (Phi) is 5.46. The van der Waals surface area contributed by atoms with Crippen LogP contribution in [-0.4, -0.2) is 20.5 Å². The average molecular weight is 401 g/mol. The standard InChI is InChI=1S/C21H22F3N5/c1-13-15(21(22,23)24)8-5-9-16(13)26-18-11-17(14-7-6-10-25-12-14)27-19(28-18)29-20(2,3)4/h5-12H,1-4H3,(H2,26,27,28,29). The summed E-state index contributed by atoms with van der Waals surface area (Å²) >= 11 is 0. The number of anilines is 3. The zero-order valence-corrected chi connectivity index (χ0v) is 16.6. The smallest absolute Gasteiger partial charge is 0.350 e. The van der Waals surface area contributed by atoms with Crippen LogP contribution in [0.4, 0.5) is 30.6 Å². The van der Waals surface area contributed by atoms with Crippen molar-refractivity contribution in [2.75, 3.05) is 10.6 Å². The zero-order chi connectivity index (χ0) is 21.2. The summed E-state index contributed by atoms with van der Waals surface area (Å²) in [5.41, 5.74) is 0.834. The van der Waals surface area contributed by atoms with E-state index in [-0.39, 0.29) is 11.1 Å². The molecule has 2 aromatic heterocycles. The molecule has 3 rings (SSSR count). The summed E-state index contributed by atoms with van der Waals surface area (Å²) in [6.45, 7) is 7.34. The molecule has 0 spiro atoms. The third-order valence-electron chi connectivity index (χ3n) is 4.07. The van der Waals surface area contributed by atoms with Gasteiger partial charge in [0.05, 0.1) is 11.3 Å². The first-order chi connectivity index (χ1) is 13.5. The number of nitrogens with one attached hydrogen (secondary N) is 2. The van der Waals surface area contributed by atoms with Crippen LogP contribution in [0.1, 0.15) is 31.9 Å². The van der Waals surface area contributed by atoms with Gasteiger partial charge in [0.15, 0.2) is 0 Å². The van der Waals surface area contributed by atoms with Crippen LogP contribution in [0.3, 0.4) is 0 Å². The fourth-order valence-electron chi connectivity index (χ4n) is 2.78. The van der Waals surface area contributed by atoms with Gasteiger partial charge < -0.3 is 10.6 Å². The Morgan fingerprint density at radius 2 is 1.72 bits per heavy atom. The van der Waals surface area contributed by atoms with Crippen molar-refractivity contribution in [2.24, 2.45) is 0 Å². The average Bonchev–Trinajstić information content (AvgIpc) is 2.61. The molecule has 152 valence electrons. The van der Waals surface area contributed by atoms with E-state index < -0.39 is 11.7 Å². The quantitative estimate of drug-likeness (QED) is 0.577. The molecule has 0 aliphatic carbocycles. The maximum Gasteiger partial charge on any atom is 0.416 e. The number of hydrogen-bond acceptors (Lipinski definition) is 5. The molecule has 0 saturated carbocycles. The molecule has 0 fully saturated rings. The molecule has 0 bridgehead atoms. The fourth-order valence-corrected chi connectivity index (χ4v) is 2.78. The summed E-state index contributed by atoms with van der Waals surface area (Å²) < 4.78 is 39.7. The van der Waals surface area contributed by atoms with Crippen LogP contribution < -0.4 is 10.6 Å². The Labute approximate surface area is 167 Å². The highest BCUT2D eigenvalue weighted by Gasteiger charge is 2.33. The second-order valence-electron chi connectivity index (χ2n) is 7.68. The van der Waals surface area contributed by atoms with E-state index in [0.29, 0.717) is 23.1 Å². The number of alkyl halides is 3. The predicted octanol–water partition coefficient (Wildman–Crippen LogP) is 5.82. The Bertz CT molecular complexity index is 995. The number of halogens is 3. The lowest BCUT2D eigenvalue weighted by Crippen LogP contribution is -2.27. The highest BCUT2D eigenvalue weighted by Crippen LogP contribution is 2.35. The van der Waals surface area contributed by atoms with Crippen molar-refractivity contribution in [3.05, 3.63) is 59.9 Å². The van der Waals surface area contributed by atoms with E-state index in [1.165, 1.54) is 13.0 Å². The van der Waals surface area contributed by atoms with Crippen molar-refractivity contribution in [3.63, 3.8) is 0 Å². The number of hydrogen-bond donors (Lipinski definition) is 2. The number of benzene rings is 1. The largest absolute Gasteiger partial charge is 0.416 e. The number of nitrogens with zero attached hydrogens (tertiary/aromatic N) is 3. The minimum Gasteiger partial charge on any atom is -0.350 e. The molecule has 0 amide bonds. The van der Waals surface area contributed by atoms with E-state index in [0.717, 1.165) is 11.6 Å². The van der Waals surface area contributed by atoms with Crippen LogP contribution in [0, 0.1) is 6.92 Å². The lowest BCUT2D eigenvalue weighted by atomic mass is 10.1. The molecule has 5 nitrogen and oxygen atoms in total. The summed E-state index contributed by atoms with van der Waals surface area (Å²) in [7, 11) is 0. The van der Waals surface area contributed by atoms with Crippen LogP contribution in [0.2, 0.25) is 0 Å². The predicted molar refractivity (Wildman–Crippen MR) is 108 cm³/mol. The molecule has 1 aromatic carbocycles. The number of aromatic nitrogens is 3. The molecule has 8 heteroatoms. The molecule has 0 atom stereocenters. The first-order valence-corrected chi connectivity index (χ1v) is 9.04. The lowest BCUT2D eigenvalue weighted by molar-refractivity contribution is -0.138. The Balaban J connectivity index is 2.04. The van der Waals surface area contributed by atoms with Gasteiger partial charge in [0.1, 0.15) is 5.82 Å². The Hall–Kier alpha value is -3.16. The Morgan fingerprint density at radius 3 is 2.34 bits per heavy atom. The van der Waals surface area contributed by atoms with Crippen LogP contribution in [0.5, 0.6) is 0 Å². The van der Waals surface area contributed by atoms with Gasteiger partial charge in [0, 0.05) is 35.2 Å². The van der Waals surface area contributed by atoms with Gasteiger partial charge in [-0.1, -0.05) is 6.07 Å². The molecule has 0 saturated heterocycles. The van der Waals surface area contributed by atoms with Gasteiger partial charge in [-0.15, -0.1) is 0 Å². The SMILES string of the molecule is Cc1c(Nc2cc(-c3cccnc3)nc(NC(C)(C)C)n2)cccc1C(F)(F)F. The van der Waals surface area contributed by atoms with Crippen molar-refractivity contribution < 1.29 is 13.2 Å². The van der Waals surface area contributed by atoms with Crippen LogP contribution in [0.15, 0.2) is 48.8 Å². The van der Waals surface area contributed by atoms with Crippen LogP contribution in [-0.2, 0) is 6.18 Å². The second-order valence-corrected chi connectivity index (χ2v) is 7.68. The summed E-state index contributed by atoms with van der Waals surface area (Å²) in [4.78, 5) is 13.1. The summed E-state index contributed by atoms with van der Waals surface area (Å²) in [6, 6.07) is 9.36. The van der Waals surface area contributed by atoms with E-state index in [4.69, 9.17) is 0 Å². The maximum atomic E-state index is 13.2. The molecule has 0 aliphatic heterocycles. The van der Waals surface area contributed by atoms with Gasteiger partial charge in [-0.3, -0.25) is 4.98 Å². The van der Waals surface area contributed by atoms with Gasteiger partial charge in [0.25, 0.3) is 0 Å². The monoisotopic (exact) mass is 401 g/mol. The van der Waals surface area contributed by atoms with Crippen LogP contribution in [0.25, 0.3) is 11.3 Å². The van der Waals surface area contributed by atoms with E-state index >= 15 is 0 Å². The van der Waals surface area contributed by atoms with Gasteiger partial charge >= 0.3 is 6.18 Å². The molecule has 3 aromatic rings. The molecule has 0 unspecified atom stereocenters. The van der Waals surface area contributed by atoms with E-state index in [1.807, 2.05) is 26.8 Å². The minimum atomic E-state index is -4.42.